The van der Waals surface area contributed by atoms with Gasteiger partial charge in [0.25, 0.3) is 5.82 Å². The van der Waals surface area contributed by atoms with Crippen LogP contribution in [0.1, 0.15) is 44.4 Å². The smallest absolute Gasteiger partial charge is 0.378 e. The third kappa shape index (κ3) is 3.48. The fourth-order valence-electron chi connectivity index (χ4n) is 4.37. The molecule has 1 amide bonds. The second-order valence-corrected chi connectivity index (χ2v) is 8.61. The normalized spacial score (nSPS) is 15.0. The molecule has 1 aliphatic rings. The summed E-state index contributed by atoms with van der Waals surface area (Å²) in [7, 11) is 0. The Labute approximate surface area is 197 Å². The minimum Gasteiger partial charge on any atom is -0.490 e. The number of amides is 1. The van der Waals surface area contributed by atoms with Crippen LogP contribution in [0.25, 0.3) is 11.0 Å². The lowest BCUT2D eigenvalue weighted by Crippen LogP contribution is -2.34. The summed E-state index contributed by atoms with van der Waals surface area (Å²) in [6.45, 7) is 9.91. The molecule has 1 N–H and O–H groups in total. The standard InChI is InChI=1S/C28H24N2O4/c1-5-11-33-20-8-6-7-19(14-20)25-24-26(31)21-12-17(3)18(4)13-22(21)34-27(24)28(32)30(25)23-10-9-16(2)15-29-23/h5-10,12-15,25H,1,11H2,2-4H3/p+1. The van der Waals surface area contributed by atoms with Gasteiger partial charge in [0.15, 0.2) is 6.04 Å². The first-order valence-corrected chi connectivity index (χ1v) is 11.1. The second-order valence-electron chi connectivity index (χ2n) is 8.61. The Bertz CT molecular complexity index is 1500. The van der Waals surface area contributed by atoms with E-state index in [1.54, 1.807) is 11.0 Å². The number of fused-ring (bicyclic) bond motifs is 2. The first-order chi connectivity index (χ1) is 16.4. The molecule has 0 bridgehead atoms. The van der Waals surface area contributed by atoms with E-state index in [1.807, 2.05) is 75.5 Å². The van der Waals surface area contributed by atoms with Crippen molar-refractivity contribution in [2.75, 3.05) is 11.5 Å². The third-order valence-corrected chi connectivity index (χ3v) is 6.24. The molecular weight excluding hydrogens is 428 g/mol. The van der Waals surface area contributed by atoms with Crippen LogP contribution in [-0.4, -0.2) is 12.5 Å². The summed E-state index contributed by atoms with van der Waals surface area (Å²) in [5.74, 6) is 0.898. The molecule has 3 heterocycles. The molecule has 0 spiro atoms. The van der Waals surface area contributed by atoms with Crippen molar-refractivity contribution >= 4 is 22.7 Å². The van der Waals surface area contributed by atoms with Gasteiger partial charge in [-0.15, -0.1) is 0 Å². The Hall–Kier alpha value is -4.19. The quantitative estimate of drug-likeness (QED) is 0.405. The number of H-pyrrole nitrogens is 1. The van der Waals surface area contributed by atoms with Gasteiger partial charge in [0.05, 0.1) is 11.6 Å². The lowest BCUT2D eigenvalue weighted by atomic mass is 9.97. The van der Waals surface area contributed by atoms with E-state index in [9.17, 15) is 9.59 Å². The predicted molar refractivity (Wildman–Crippen MR) is 130 cm³/mol. The van der Waals surface area contributed by atoms with Crippen molar-refractivity contribution in [1.29, 1.82) is 0 Å². The lowest BCUT2D eigenvalue weighted by molar-refractivity contribution is -0.364. The van der Waals surface area contributed by atoms with E-state index >= 15 is 0 Å². The minimum atomic E-state index is -0.670. The molecule has 0 aliphatic carbocycles. The van der Waals surface area contributed by atoms with E-state index in [0.29, 0.717) is 34.7 Å². The zero-order chi connectivity index (χ0) is 24.0. The summed E-state index contributed by atoms with van der Waals surface area (Å²) >= 11 is 0. The number of anilines is 1. The molecule has 0 saturated carbocycles. The van der Waals surface area contributed by atoms with Crippen molar-refractivity contribution in [1.82, 2.24) is 0 Å². The molecule has 170 valence electrons. The van der Waals surface area contributed by atoms with Crippen molar-refractivity contribution in [3.05, 3.63) is 111 Å². The highest BCUT2D eigenvalue weighted by atomic mass is 16.5. The Morgan fingerprint density at radius 2 is 1.88 bits per heavy atom. The summed E-state index contributed by atoms with van der Waals surface area (Å²) in [5.41, 5.74) is 4.29. The molecule has 2 aromatic heterocycles. The van der Waals surface area contributed by atoms with Gasteiger partial charge in [-0.05, 0) is 67.8 Å². The molecule has 0 fully saturated rings. The summed E-state index contributed by atoms with van der Waals surface area (Å²) in [5, 5.41) is 0.466. The maximum atomic E-state index is 13.8. The van der Waals surface area contributed by atoms with Crippen molar-refractivity contribution in [3.63, 3.8) is 0 Å². The number of carbonyl (C=O) groups excluding carboxylic acids is 1. The highest BCUT2D eigenvalue weighted by Gasteiger charge is 2.50. The molecule has 2 aromatic carbocycles. The van der Waals surface area contributed by atoms with Crippen LogP contribution in [0, 0.1) is 20.8 Å². The number of ether oxygens (including phenoxy) is 1. The van der Waals surface area contributed by atoms with Crippen LogP contribution in [0.2, 0.25) is 0 Å². The van der Waals surface area contributed by atoms with Crippen LogP contribution >= 0.6 is 0 Å². The van der Waals surface area contributed by atoms with E-state index in [0.717, 1.165) is 22.3 Å². The monoisotopic (exact) mass is 453 g/mol. The number of rotatable bonds is 5. The number of carbonyl (C=O) groups is 1. The van der Waals surface area contributed by atoms with E-state index in [1.165, 1.54) is 0 Å². The molecular formula is C28H25N2O4+. The van der Waals surface area contributed by atoms with Gasteiger partial charge in [0, 0.05) is 11.6 Å². The first-order valence-electron chi connectivity index (χ1n) is 11.1. The number of aromatic nitrogens is 1. The highest BCUT2D eigenvalue weighted by molar-refractivity contribution is 6.09. The van der Waals surface area contributed by atoms with Gasteiger partial charge in [0.1, 0.15) is 23.5 Å². The maximum absolute atomic E-state index is 13.8. The number of nitrogens with zero attached hydrogens (tertiary/aromatic N) is 1. The van der Waals surface area contributed by atoms with Gasteiger partial charge in [-0.1, -0.05) is 24.8 Å². The largest absolute Gasteiger partial charge is 0.490 e. The Morgan fingerprint density at radius 1 is 1.09 bits per heavy atom. The van der Waals surface area contributed by atoms with Crippen LogP contribution in [0.3, 0.4) is 0 Å². The predicted octanol–water partition coefficient (Wildman–Crippen LogP) is 4.85. The molecule has 6 heteroatoms. The number of hydrogen-bond acceptors (Lipinski definition) is 4. The Balaban J connectivity index is 1.77. The molecule has 4 aromatic rings. The third-order valence-electron chi connectivity index (χ3n) is 6.24. The summed E-state index contributed by atoms with van der Waals surface area (Å²) in [6.07, 6.45) is 3.49. The maximum Gasteiger partial charge on any atom is 0.378 e. The SMILES string of the molecule is C=CCOc1cccc(C2c3c(oc4cc(C)c(C)cc4c3=O)C(=O)N2c2ccc(C)c[nH+]2)c1. The zero-order valence-electron chi connectivity index (χ0n) is 19.3. The second kappa shape index (κ2) is 8.30. The fraction of sp³-hybridized carbons (Fsp3) is 0.179. The van der Waals surface area contributed by atoms with Gasteiger partial charge < -0.3 is 9.15 Å². The average Bonchev–Trinajstić information content (AvgIpc) is 3.12. The van der Waals surface area contributed by atoms with Gasteiger partial charge in [-0.25, -0.2) is 9.78 Å². The molecule has 0 saturated heterocycles. The number of pyridine rings is 1. The van der Waals surface area contributed by atoms with Crippen molar-refractivity contribution in [2.24, 2.45) is 0 Å². The number of benzene rings is 2. The van der Waals surface area contributed by atoms with Crippen LogP contribution < -0.4 is 20.0 Å². The molecule has 1 unspecified atom stereocenters. The summed E-state index contributed by atoms with van der Waals surface area (Å²) in [4.78, 5) is 32.3. The van der Waals surface area contributed by atoms with Crippen molar-refractivity contribution in [2.45, 2.75) is 26.8 Å². The number of aromatic amines is 1. The van der Waals surface area contributed by atoms with E-state index in [-0.39, 0.29) is 17.1 Å². The molecule has 1 atom stereocenters. The lowest BCUT2D eigenvalue weighted by Gasteiger charge is -2.18. The molecule has 6 nitrogen and oxygen atoms in total. The first kappa shape index (κ1) is 21.6. The van der Waals surface area contributed by atoms with E-state index in [4.69, 9.17) is 9.15 Å². The van der Waals surface area contributed by atoms with E-state index < -0.39 is 6.04 Å². The topological polar surface area (TPSA) is 73.9 Å². The number of aryl methyl sites for hydroxylation is 3. The van der Waals surface area contributed by atoms with E-state index in [2.05, 4.69) is 11.6 Å². The van der Waals surface area contributed by atoms with Gasteiger partial charge in [0.2, 0.25) is 11.2 Å². The Morgan fingerprint density at radius 3 is 2.62 bits per heavy atom. The molecule has 34 heavy (non-hydrogen) atoms. The summed E-state index contributed by atoms with van der Waals surface area (Å²) in [6, 6.07) is 14.2. The Kier molecular flexibility index (Phi) is 5.28. The van der Waals surface area contributed by atoms with Crippen LogP contribution in [0.15, 0.2) is 76.6 Å². The molecule has 5 rings (SSSR count). The van der Waals surface area contributed by atoms with Crippen LogP contribution in [-0.2, 0) is 0 Å². The average molecular weight is 454 g/mol. The number of nitrogens with one attached hydrogen (secondary N) is 1. The van der Waals surface area contributed by atoms with Crippen LogP contribution in [0.5, 0.6) is 5.75 Å². The molecule has 0 radical (unpaired) electrons. The van der Waals surface area contributed by atoms with Crippen molar-refractivity contribution < 1.29 is 18.9 Å². The van der Waals surface area contributed by atoms with Gasteiger partial charge in [-0.3, -0.25) is 4.79 Å². The number of hydrogen-bond donors (Lipinski definition) is 0. The minimum absolute atomic E-state index is 0.0668. The van der Waals surface area contributed by atoms with Gasteiger partial charge >= 0.3 is 5.91 Å². The van der Waals surface area contributed by atoms with Gasteiger partial charge in [-0.2, -0.15) is 4.90 Å². The fourth-order valence-corrected chi connectivity index (χ4v) is 4.37. The summed E-state index contributed by atoms with van der Waals surface area (Å²) < 4.78 is 11.8. The van der Waals surface area contributed by atoms with Crippen LogP contribution in [0.4, 0.5) is 5.82 Å². The zero-order valence-corrected chi connectivity index (χ0v) is 19.3. The highest BCUT2D eigenvalue weighted by Crippen LogP contribution is 2.40. The van der Waals surface area contributed by atoms with Crippen molar-refractivity contribution in [3.8, 4) is 5.75 Å². The molecule has 1 aliphatic heterocycles.